The molecule has 1 aliphatic carbocycles. The quantitative estimate of drug-likeness (QED) is 0.574. The second-order valence-electron chi connectivity index (χ2n) is 6.16. The Balaban J connectivity index is 2.45. The first-order chi connectivity index (χ1) is 9.69. The van der Waals surface area contributed by atoms with E-state index >= 15 is 0 Å². The monoisotopic (exact) mass is 297 g/mol. The molecular formula is C15H23NO5. The van der Waals surface area contributed by atoms with Gasteiger partial charge in [-0.05, 0) is 40.0 Å². The number of esters is 1. The highest BCUT2D eigenvalue weighted by Gasteiger charge is 2.27. The predicted molar refractivity (Wildman–Crippen MR) is 76.5 cm³/mol. The minimum atomic E-state index is -1.14. The van der Waals surface area contributed by atoms with Gasteiger partial charge in [0.05, 0.1) is 0 Å². The molecular weight excluding hydrogens is 274 g/mol. The van der Waals surface area contributed by atoms with Gasteiger partial charge in [-0.1, -0.05) is 12.2 Å². The normalized spacial score (nSPS) is 16.5. The van der Waals surface area contributed by atoms with Crippen LogP contribution in [0, 0.1) is 5.92 Å². The Morgan fingerprint density at radius 1 is 1.29 bits per heavy atom. The first kappa shape index (κ1) is 17.2. The zero-order valence-corrected chi connectivity index (χ0v) is 12.7. The highest BCUT2D eigenvalue weighted by atomic mass is 16.6. The molecule has 1 rings (SSSR count). The van der Waals surface area contributed by atoms with E-state index in [1.54, 1.807) is 20.8 Å². The van der Waals surface area contributed by atoms with Crippen molar-refractivity contribution in [3.63, 3.8) is 0 Å². The topological polar surface area (TPSA) is 92.7 Å². The average Bonchev–Trinajstić information content (AvgIpc) is 2.85. The molecule has 0 saturated carbocycles. The second kappa shape index (κ2) is 7.24. The summed E-state index contributed by atoms with van der Waals surface area (Å²) >= 11 is 0. The molecule has 21 heavy (non-hydrogen) atoms. The molecule has 0 aromatic heterocycles. The number of carbonyl (C=O) groups is 3. The summed E-state index contributed by atoms with van der Waals surface area (Å²) in [6.07, 6.45) is 5.05. The Bertz CT molecular complexity index is 428. The number of rotatable bonds is 6. The molecule has 0 unspecified atom stereocenters. The lowest BCUT2D eigenvalue weighted by molar-refractivity contribution is -0.155. The van der Waals surface area contributed by atoms with Crippen LogP contribution in [0.5, 0.6) is 0 Å². The number of hydrogen-bond acceptors (Lipinski definition) is 4. The summed E-state index contributed by atoms with van der Waals surface area (Å²) < 4.78 is 5.12. The lowest BCUT2D eigenvalue weighted by Gasteiger charge is -2.21. The number of allylic oxidation sites excluding steroid dienone is 2. The fourth-order valence-electron chi connectivity index (χ4n) is 2.03. The Morgan fingerprint density at radius 3 is 2.33 bits per heavy atom. The molecule has 0 radical (unpaired) electrons. The van der Waals surface area contributed by atoms with Crippen LogP contribution >= 0.6 is 0 Å². The van der Waals surface area contributed by atoms with E-state index in [4.69, 9.17) is 9.84 Å². The van der Waals surface area contributed by atoms with Crippen LogP contribution in [0.1, 0.15) is 46.5 Å². The summed E-state index contributed by atoms with van der Waals surface area (Å²) in [5, 5.41) is 11.6. The van der Waals surface area contributed by atoms with E-state index in [1.165, 1.54) is 0 Å². The van der Waals surface area contributed by atoms with Gasteiger partial charge in [0.1, 0.15) is 11.6 Å². The SMILES string of the molecule is CC(C)(C)OC(=O)CC[C@@H](NC(=O)C1CC=CC1)C(=O)O. The molecule has 6 nitrogen and oxygen atoms in total. The number of aliphatic carboxylic acids is 1. The van der Waals surface area contributed by atoms with Crippen LogP contribution in [0.25, 0.3) is 0 Å². The summed E-state index contributed by atoms with van der Waals surface area (Å²) in [5.74, 6) is -2.09. The molecule has 0 bridgehead atoms. The lowest BCUT2D eigenvalue weighted by Crippen LogP contribution is -2.43. The third-order valence-corrected chi connectivity index (χ3v) is 3.05. The maximum Gasteiger partial charge on any atom is 0.326 e. The number of carboxylic acid groups (broad SMARTS) is 1. The Kier molecular flexibility index (Phi) is 5.93. The van der Waals surface area contributed by atoms with Crippen LogP contribution in [0.15, 0.2) is 12.2 Å². The summed E-state index contributed by atoms with van der Waals surface area (Å²) in [7, 11) is 0. The Hall–Kier alpha value is -1.85. The Morgan fingerprint density at radius 2 is 1.86 bits per heavy atom. The van der Waals surface area contributed by atoms with Crippen molar-refractivity contribution in [1.82, 2.24) is 5.32 Å². The van der Waals surface area contributed by atoms with Gasteiger partial charge in [0.2, 0.25) is 5.91 Å². The van der Waals surface area contributed by atoms with Gasteiger partial charge in [0, 0.05) is 12.3 Å². The van der Waals surface area contributed by atoms with E-state index in [0.29, 0.717) is 12.8 Å². The van der Waals surface area contributed by atoms with Crippen LogP contribution in [0.2, 0.25) is 0 Å². The van der Waals surface area contributed by atoms with Crippen molar-refractivity contribution in [2.75, 3.05) is 0 Å². The fraction of sp³-hybridized carbons (Fsp3) is 0.667. The van der Waals surface area contributed by atoms with Gasteiger partial charge in [-0.15, -0.1) is 0 Å². The van der Waals surface area contributed by atoms with Crippen LogP contribution in [-0.4, -0.2) is 34.6 Å². The zero-order valence-electron chi connectivity index (χ0n) is 12.7. The van der Waals surface area contributed by atoms with Crippen molar-refractivity contribution in [2.24, 2.45) is 5.92 Å². The maximum atomic E-state index is 11.9. The zero-order chi connectivity index (χ0) is 16.0. The van der Waals surface area contributed by atoms with Crippen molar-refractivity contribution in [3.05, 3.63) is 12.2 Å². The number of ether oxygens (including phenoxy) is 1. The van der Waals surface area contributed by atoms with Crippen LogP contribution in [-0.2, 0) is 19.1 Å². The molecule has 6 heteroatoms. The van der Waals surface area contributed by atoms with Crippen molar-refractivity contribution >= 4 is 17.8 Å². The van der Waals surface area contributed by atoms with E-state index < -0.39 is 23.6 Å². The largest absolute Gasteiger partial charge is 0.480 e. The highest BCUT2D eigenvalue weighted by molar-refractivity contribution is 5.85. The van der Waals surface area contributed by atoms with Gasteiger partial charge in [0.15, 0.2) is 0 Å². The predicted octanol–water partition coefficient (Wildman–Crippen LogP) is 1.64. The molecule has 0 saturated heterocycles. The van der Waals surface area contributed by atoms with E-state index in [0.717, 1.165) is 0 Å². The summed E-state index contributed by atoms with van der Waals surface area (Å²) in [5.41, 5.74) is -0.603. The van der Waals surface area contributed by atoms with Crippen molar-refractivity contribution in [2.45, 2.75) is 58.1 Å². The van der Waals surface area contributed by atoms with Crippen LogP contribution < -0.4 is 5.32 Å². The van der Waals surface area contributed by atoms with Gasteiger partial charge in [-0.3, -0.25) is 9.59 Å². The van der Waals surface area contributed by atoms with E-state index in [9.17, 15) is 14.4 Å². The van der Waals surface area contributed by atoms with E-state index in [-0.39, 0.29) is 24.7 Å². The van der Waals surface area contributed by atoms with Crippen molar-refractivity contribution in [3.8, 4) is 0 Å². The fourth-order valence-corrected chi connectivity index (χ4v) is 2.03. The lowest BCUT2D eigenvalue weighted by atomic mass is 10.0. The number of carbonyl (C=O) groups excluding carboxylic acids is 2. The maximum absolute atomic E-state index is 11.9. The first-order valence-corrected chi connectivity index (χ1v) is 7.09. The molecule has 0 fully saturated rings. The molecule has 1 atom stereocenters. The van der Waals surface area contributed by atoms with Crippen LogP contribution in [0.4, 0.5) is 0 Å². The van der Waals surface area contributed by atoms with E-state index in [2.05, 4.69) is 5.32 Å². The Labute approximate surface area is 124 Å². The van der Waals surface area contributed by atoms with E-state index in [1.807, 2.05) is 12.2 Å². The van der Waals surface area contributed by atoms with Gasteiger partial charge < -0.3 is 15.2 Å². The van der Waals surface area contributed by atoms with Crippen molar-refractivity contribution in [1.29, 1.82) is 0 Å². The highest BCUT2D eigenvalue weighted by Crippen LogP contribution is 2.18. The molecule has 0 spiro atoms. The average molecular weight is 297 g/mol. The van der Waals surface area contributed by atoms with Crippen molar-refractivity contribution < 1.29 is 24.2 Å². The van der Waals surface area contributed by atoms with Crippen LogP contribution in [0.3, 0.4) is 0 Å². The number of amides is 1. The number of nitrogens with one attached hydrogen (secondary N) is 1. The number of hydrogen-bond donors (Lipinski definition) is 2. The molecule has 2 N–H and O–H groups in total. The summed E-state index contributed by atoms with van der Waals surface area (Å²) in [6.45, 7) is 5.23. The molecule has 0 aromatic rings. The standard InChI is InChI=1S/C15H23NO5/c1-15(2,3)21-12(17)9-8-11(14(19)20)16-13(18)10-6-4-5-7-10/h4-5,10-11H,6-9H2,1-3H3,(H,16,18)(H,19,20)/t11-/m1/s1. The summed E-state index contributed by atoms with van der Waals surface area (Å²) in [6, 6.07) is -1.06. The molecule has 0 aromatic carbocycles. The molecule has 0 aliphatic heterocycles. The smallest absolute Gasteiger partial charge is 0.326 e. The van der Waals surface area contributed by atoms with Gasteiger partial charge in [-0.2, -0.15) is 0 Å². The molecule has 1 amide bonds. The first-order valence-electron chi connectivity index (χ1n) is 7.09. The minimum absolute atomic E-state index is 0.0239. The summed E-state index contributed by atoms with van der Waals surface area (Å²) in [4.78, 5) is 34.7. The van der Waals surface area contributed by atoms with Gasteiger partial charge in [0.25, 0.3) is 0 Å². The number of carboxylic acids is 1. The molecule has 118 valence electrons. The minimum Gasteiger partial charge on any atom is -0.480 e. The second-order valence-corrected chi connectivity index (χ2v) is 6.16. The molecule has 1 aliphatic rings. The van der Waals surface area contributed by atoms with Gasteiger partial charge in [-0.25, -0.2) is 4.79 Å². The third kappa shape index (κ3) is 6.42. The molecule has 0 heterocycles. The van der Waals surface area contributed by atoms with Gasteiger partial charge >= 0.3 is 11.9 Å². The third-order valence-electron chi connectivity index (χ3n) is 3.05.